The highest BCUT2D eigenvalue weighted by Gasteiger charge is 2.44. The molecule has 2 aliphatic heterocycles. The fraction of sp³-hybridized carbons (Fsp3) is 0.593. The summed E-state index contributed by atoms with van der Waals surface area (Å²) in [4.78, 5) is 32.1. The zero-order valence-electron chi connectivity index (χ0n) is 22.1. The van der Waals surface area contributed by atoms with E-state index in [1.807, 2.05) is 22.9 Å². The largest absolute Gasteiger partial charge is 0.416 e. The first kappa shape index (κ1) is 26.5. The Kier molecular flexibility index (Phi) is 7.15. The molecule has 1 aromatic heterocycles. The summed E-state index contributed by atoms with van der Waals surface area (Å²) in [5.41, 5.74) is 1.32. The molecule has 1 aromatic carbocycles. The minimum absolute atomic E-state index is 0.139. The number of hydrogen-bond donors (Lipinski definition) is 0. The molecule has 0 radical (unpaired) electrons. The Bertz CT molecular complexity index is 1180. The van der Waals surface area contributed by atoms with Crippen molar-refractivity contribution in [2.45, 2.75) is 51.4 Å². The van der Waals surface area contributed by atoms with Crippen LogP contribution < -0.4 is 9.80 Å². The fourth-order valence-corrected chi connectivity index (χ4v) is 6.21. The molecule has 206 valence electrons. The number of rotatable bonds is 5. The minimum atomic E-state index is -4.37. The summed E-state index contributed by atoms with van der Waals surface area (Å²) in [7, 11) is 3.62. The predicted octanol–water partition coefficient (Wildman–Crippen LogP) is 4.30. The number of anilines is 2. The molecule has 0 bridgehead atoms. The Morgan fingerprint density at radius 2 is 1.71 bits per heavy atom. The normalized spacial score (nSPS) is 23.4. The van der Waals surface area contributed by atoms with E-state index in [4.69, 9.17) is 0 Å². The van der Waals surface area contributed by atoms with Crippen LogP contribution >= 0.6 is 0 Å². The second-order valence-corrected chi connectivity index (χ2v) is 11.0. The molecule has 2 aromatic rings. The average molecular weight is 533 g/mol. The Balaban J connectivity index is 1.21. The lowest BCUT2D eigenvalue weighted by Gasteiger charge is -2.28. The second-order valence-electron chi connectivity index (χ2n) is 11.0. The van der Waals surface area contributed by atoms with Crippen molar-refractivity contribution in [2.24, 2.45) is 11.8 Å². The number of nitrogens with zero attached hydrogens (tertiary/aromatic N) is 6. The number of carbonyl (C=O) groups excluding carboxylic acids is 2. The molecule has 0 N–H and O–H groups in total. The van der Waals surface area contributed by atoms with Gasteiger partial charge in [0, 0.05) is 58.4 Å². The van der Waals surface area contributed by atoms with Gasteiger partial charge in [-0.15, -0.1) is 0 Å². The van der Waals surface area contributed by atoms with Crippen LogP contribution in [0.1, 0.15) is 43.7 Å². The summed E-state index contributed by atoms with van der Waals surface area (Å²) < 4.78 is 42.2. The molecule has 11 heteroatoms. The molecule has 38 heavy (non-hydrogen) atoms. The summed E-state index contributed by atoms with van der Waals surface area (Å²) in [6.07, 6.45) is 2.52. The number of alkyl halides is 3. The third-order valence-electron chi connectivity index (χ3n) is 8.45. The molecule has 5 rings (SSSR count). The van der Waals surface area contributed by atoms with Gasteiger partial charge in [0.1, 0.15) is 0 Å². The zero-order chi connectivity index (χ0) is 27.2. The van der Waals surface area contributed by atoms with Gasteiger partial charge in [0.2, 0.25) is 5.91 Å². The van der Waals surface area contributed by atoms with Crippen LogP contribution in [0.3, 0.4) is 0 Å². The van der Waals surface area contributed by atoms with E-state index < -0.39 is 11.7 Å². The first-order valence-corrected chi connectivity index (χ1v) is 13.2. The molecule has 3 heterocycles. The quantitative estimate of drug-likeness (QED) is 0.575. The predicted molar refractivity (Wildman–Crippen MR) is 138 cm³/mol. The summed E-state index contributed by atoms with van der Waals surface area (Å²) in [6, 6.07) is 4.53. The van der Waals surface area contributed by atoms with Crippen LogP contribution in [-0.4, -0.2) is 77.8 Å². The van der Waals surface area contributed by atoms with E-state index in [1.54, 1.807) is 13.2 Å². The van der Waals surface area contributed by atoms with Gasteiger partial charge in [0.15, 0.2) is 0 Å². The topological polar surface area (TPSA) is 64.9 Å². The number of benzene rings is 1. The van der Waals surface area contributed by atoms with Gasteiger partial charge in [-0.3, -0.25) is 9.69 Å². The van der Waals surface area contributed by atoms with Crippen molar-refractivity contribution >= 4 is 23.3 Å². The maximum Gasteiger partial charge on any atom is 0.416 e. The lowest BCUT2D eigenvalue weighted by atomic mass is 10.0. The lowest BCUT2D eigenvalue weighted by molar-refractivity contribution is -0.137. The third-order valence-corrected chi connectivity index (χ3v) is 8.45. The summed E-state index contributed by atoms with van der Waals surface area (Å²) in [6.45, 7) is 4.77. The highest BCUT2D eigenvalue weighted by atomic mass is 19.4. The van der Waals surface area contributed by atoms with Crippen LogP contribution in [0.5, 0.6) is 0 Å². The van der Waals surface area contributed by atoms with E-state index in [0.29, 0.717) is 48.4 Å². The molecule has 0 spiro atoms. The van der Waals surface area contributed by atoms with E-state index in [-0.39, 0.29) is 18.0 Å². The highest BCUT2D eigenvalue weighted by molar-refractivity contribution is 5.91. The summed E-state index contributed by atoms with van der Waals surface area (Å²) in [5, 5.41) is 4.15. The Hall–Kier alpha value is -3.08. The van der Waals surface area contributed by atoms with Gasteiger partial charge >= 0.3 is 12.2 Å². The number of hydrogen-bond acceptors (Lipinski definition) is 5. The van der Waals surface area contributed by atoms with Crippen LogP contribution in [0.25, 0.3) is 0 Å². The molecule has 1 saturated carbocycles. The van der Waals surface area contributed by atoms with Crippen LogP contribution in [0, 0.1) is 11.8 Å². The van der Waals surface area contributed by atoms with E-state index in [2.05, 4.69) is 10.00 Å². The number of fused-ring (bicyclic) bond motifs is 1. The van der Waals surface area contributed by atoms with Gasteiger partial charge in [0.05, 0.1) is 23.6 Å². The van der Waals surface area contributed by atoms with Gasteiger partial charge in [0.25, 0.3) is 0 Å². The SMILES string of the molecule is CC(=O)N(C)c1cnn(C(=O)N2C[C@H]3C[C@H](N(C)Cc4cc(N5CCCC5)cc(C(F)(F)F)c4)C[C@H]3C2)c1. The first-order valence-electron chi connectivity index (χ1n) is 13.2. The number of halogens is 3. The number of carbonyl (C=O) groups is 2. The number of amides is 2. The number of aromatic nitrogens is 2. The molecular weight excluding hydrogens is 497 g/mol. The van der Waals surface area contributed by atoms with Crippen molar-refractivity contribution in [3.05, 3.63) is 41.7 Å². The first-order chi connectivity index (χ1) is 18.0. The Morgan fingerprint density at radius 1 is 1.05 bits per heavy atom. The van der Waals surface area contributed by atoms with Crippen molar-refractivity contribution in [3.8, 4) is 0 Å². The third kappa shape index (κ3) is 5.39. The van der Waals surface area contributed by atoms with Crippen molar-refractivity contribution in [3.63, 3.8) is 0 Å². The molecule has 1 aliphatic carbocycles. The van der Waals surface area contributed by atoms with Crippen molar-refractivity contribution in [1.82, 2.24) is 19.6 Å². The Labute approximate surface area is 221 Å². The second kappa shape index (κ2) is 10.2. The summed E-state index contributed by atoms with van der Waals surface area (Å²) in [5.74, 6) is 0.561. The van der Waals surface area contributed by atoms with Gasteiger partial charge in [-0.05, 0) is 68.3 Å². The lowest BCUT2D eigenvalue weighted by Crippen LogP contribution is -2.36. The van der Waals surface area contributed by atoms with Gasteiger partial charge in [-0.1, -0.05) is 0 Å². The molecule has 0 unspecified atom stereocenters. The minimum Gasteiger partial charge on any atom is -0.372 e. The fourth-order valence-electron chi connectivity index (χ4n) is 6.21. The van der Waals surface area contributed by atoms with E-state index in [0.717, 1.165) is 38.8 Å². The zero-order valence-corrected chi connectivity index (χ0v) is 22.1. The maximum absolute atomic E-state index is 13.6. The van der Waals surface area contributed by atoms with Crippen LogP contribution in [-0.2, 0) is 17.5 Å². The molecular formula is C27H35F3N6O2. The van der Waals surface area contributed by atoms with Gasteiger partial charge < -0.3 is 14.7 Å². The standard InChI is InChI=1S/C27H35F3N6O2/c1-18(37)33(3)25-13-31-36(17-25)26(38)35-15-20-10-23(11-21(20)16-35)32(2)14-19-8-22(27(28,29)30)12-24(9-19)34-6-4-5-7-34/h8-9,12-13,17,20-21,23H,4-7,10-11,14-16H2,1-3H3/t20-,21+,23+. The average Bonchev–Trinajstić information content (AvgIpc) is 3.66. The highest BCUT2D eigenvalue weighted by Crippen LogP contribution is 2.41. The molecule has 2 saturated heterocycles. The maximum atomic E-state index is 13.6. The monoisotopic (exact) mass is 532 g/mol. The van der Waals surface area contributed by atoms with Crippen LogP contribution in [0.2, 0.25) is 0 Å². The van der Waals surface area contributed by atoms with Crippen molar-refractivity contribution in [1.29, 1.82) is 0 Å². The van der Waals surface area contributed by atoms with Crippen LogP contribution in [0.4, 0.5) is 29.3 Å². The molecule has 8 nitrogen and oxygen atoms in total. The Morgan fingerprint density at radius 3 is 2.32 bits per heavy atom. The summed E-state index contributed by atoms with van der Waals surface area (Å²) >= 11 is 0. The molecule has 2 amide bonds. The van der Waals surface area contributed by atoms with E-state index >= 15 is 0 Å². The van der Waals surface area contributed by atoms with E-state index in [1.165, 1.54) is 34.8 Å². The van der Waals surface area contributed by atoms with Crippen LogP contribution in [0.15, 0.2) is 30.6 Å². The molecule has 3 fully saturated rings. The van der Waals surface area contributed by atoms with Crippen molar-refractivity contribution < 1.29 is 22.8 Å². The smallest absolute Gasteiger partial charge is 0.372 e. The molecule has 3 aliphatic rings. The van der Waals surface area contributed by atoms with E-state index in [9.17, 15) is 22.8 Å². The van der Waals surface area contributed by atoms with Crippen molar-refractivity contribution in [2.75, 3.05) is 50.1 Å². The molecule has 3 atom stereocenters. The number of likely N-dealkylation sites (tertiary alicyclic amines) is 1. The van der Waals surface area contributed by atoms with Gasteiger partial charge in [-0.2, -0.15) is 23.0 Å². The van der Waals surface area contributed by atoms with Gasteiger partial charge in [-0.25, -0.2) is 4.79 Å².